The highest BCUT2D eigenvalue weighted by Crippen LogP contribution is 2.30. The summed E-state index contributed by atoms with van der Waals surface area (Å²) < 4.78 is 5.66. The van der Waals surface area contributed by atoms with Gasteiger partial charge in [-0.05, 0) is 44.9 Å². The molecule has 1 N–H and O–H groups in total. The van der Waals surface area contributed by atoms with Crippen LogP contribution in [-0.4, -0.2) is 31.8 Å². The summed E-state index contributed by atoms with van der Waals surface area (Å²) in [6.07, 6.45) is 0. The van der Waals surface area contributed by atoms with Gasteiger partial charge < -0.3 is 15.0 Å². The maximum absolute atomic E-state index is 5.66. The second-order valence-corrected chi connectivity index (χ2v) is 7.17. The van der Waals surface area contributed by atoms with Gasteiger partial charge in [-0.3, -0.25) is 0 Å². The average Bonchev–Trinajstić information content (AvgIpc) is 2.39. The average molecular weight is 290 g/mol. The van der Waals surface area contributed by atoms with Crippen LogP contribution < -0.4 is 10.2 Å². The molecule has 0 aromatic heterocycles. The van der Waals surface area contributed by atoms with E-state index in [4.69, 9.17) is 4.74 Å². The van der Waals surface area contributed by atoms with Gasteiger partial charge in [-0.15, -0.1) is 0 Å². The zero-order valence-corrected chi connectivity index (χ0v) is 14.2. The third-order valence-corrected chi connectivity index (χ3v) is 4.04. The van der Waals surface area contributed by atoms with Crippen molar-refractivity contribution < 1.29 is 4.74 Å². The van der Waals surface area contributed by atoms with Gasteiger partial charge in [0.25, 0.3) is 0 Å². The number of hydrogen-bond acceptors (Lipinski definition) is 3. The molecule has 3 heteroatoms. The van der Waals surface area contributed by atoms with E-state index >= 15 is 0 Å². The van der Waals surface area contributed by atoms with E-state index in [0.29, 0.717) is 5.92 Å². The molecular weight excluding hydrogens is 260 g/mol. The van der Waals surface area contributed by atoms with Gasteiger partial charge in [0.1, 0.15) is 0 Å². The van der Waals surface area contributed by atoms with Gasteiger partial charge in [-0.2, -0.15) is 0 Å². The molecule has 0 aliphatic carbocycles. The second-order valence-electron chi connectivity index (χ2n) is 7.17. The first kappa shape index (κ1) is 16.3. The molecular formula is C18H30N2O. The van der Waals surface area contributed by atoms with E-state index in [2.05, 4.69) is 63.0 Å². The van der Waals surface area contributed by atoms with Crippen LogP contribution in [0.3, 0.4) is 0 Å². The molecule has 0 bridgehead atoms. The van der Waals surface area contributed by atoms with Crippen LogP contribution in [0.1, 0.15) is 38.8 Å². The number of ether oxygens (including phenoxy) is 1. The van der Waals surface area contributed by atoms with Crippen LogP contribution in [0.25, 0.3) is 0 Å². The molecule has 1 aromatic rings. The molecule has 0 spiro atoms. The molecule has 1 saturated heterocycles. The topological polar surface area (TPSA) is 24.5 Å². The summed E-state index contributed by atoms with van der Waals surface area (Å²) in [6.45, 7) is 15.7. The Bertz CT molecular complexity index is 468. The number of nitrogens with zero attached hydrogens (tertiary/aromatic N) is 1. The van der Waals surface area contributed by atoms with Crippen molar-refractivity contribution in [3.05, 3.63) is 29.3 Å². The lowest BCUT2D eigenvalue weighted by Crippen LogP contribution is -2.53. The van der Waals surface area contributed by atoms with E-state index < -0.39 is 0 Å². The molecule has 1 heterocycles. The number of hydrogen-bond donors (Lipinski definition) is 1. The minimum absolute atomic E-state index is 0.0559. The molecule has 2 rings (SSSR count). The van der Waals surface area contributed by atoms with Gasteiger partial charge in [0.2, 0.25) is 0 Å². The molecule has 1 aliphatic heterocycles. The van der Waals surface area contributed by atoms with Gasteiger partial charge in [0.05, 0.1) is 18.8 Å². The minimum atomic E-state index is 0.0559. The normalized spacial score (nSPS) is 18.3. The van der Waals surface area contributed by atoms with Crippen LogP contribution in [0.2, 0.25) is 0 Å². The van der Waals surface area contributed by atoms with E-state index in [0.717, 1.165) is 32.8 Å². The van der Waals surface area contributed by atoms with E-state index in [1.165, 1.54) is 16.8 Å². The van der Waals surface area contributed by atoms with Gasteiger partial charge in [-0.1, -0.05) is 31.5 Å². The first-order chi connectivity index (χ1) is 9.90. The van der Waals surface area contributed by atoms with Gasteiger partial charge in [0, 0.05) is 18.8 Å². The summed E-state index contributed by atoms with van der Waals surface area (Å²) in [5, 5.41) is 3.58. The molecule has 1 aliphatic rings. The molecule has 0 saturated carbocycles. The molecule has 0 unspecified atom stereocenters. The summed E-state index contributed by atoms with van der Waals surface area (Å²) in [4.78, 5) is 2.50. The Morgan fingerprint density at radius 2 is 2.10 bits per heavy atom. The molecule has 21 heavy (non-hydrogen) atoms. The minimum Gasteiger partial charge on any atom is -0.377 e. The Morgan fingerprint density at radius 3 is 2.76 bits per heavy atom. The standard InChI is InChI=1S/C18H30N2O/c1-14(2)11-19-12-16-10-15(3)6-7-17(16)20-8-9-21-13-18(20,4)5/h6-7,10,14,19H,8-9,11-13H2,1-5H3. The number of anilines is 1. The Labute approximate surface area is 129 Å². The fourth-order valence-electron chi connectivity index (χ4n) is 2.92. The van der Waals surface area contributed by atoms with Crippen LogP contribution in [0.5, 0.6) is 0 Å². The molecule has 118 valence electrons. The van der Waals surface area contributed by atoms with E-state index in [1.807, 2.05) is 0 Å². The number of rotatable bonds is 5. The van der Waals surface area contributed by atoms with Crippen molar-refractivity contribution in [1.82, 2.24) is 5.32 Å². The Kier molecular flexibility index (Phi) is 5.28. The van der Waals surface area contributed by atoms with Gasteiger partial charge in [0.15, 0.2) is 0 Å². The molecule has 3 nitrogen and oxygen atoms in total. The molecule has 0 atom stereocenters. The van der Waals surface area contributed by atoms with E-state index in [-0.39, 0.29) is 5.54 Å². The van der Waals surface area contributed by atoms with Crippen molar-refractivity contribution in [3.8, 4) is 0 Å². The van der Waals surface area contributed by atoms with E-state index in [1.54, 1.807) is 0 Å². The third-order valence-electron chi connectivity index (χ3n) is 4.04. The van der Waals surface area contributed by atoms with Crippen molar-refractivity contribution in [1.29, 1.82) is 0 Å². The predicted octanol–water partition coefficient (Wildman–Crippen LogP) is 3.36. The van der Waals surface area contributed by atoms with E-state index in [9.17, 15) is 0 Å². The lowest BCUT2D eigenvalue weighted by Gasteiger charge is -2.44. The van der Waals surface area contributed by atoms with Crippen LogP contribution in [0.4, 0.5) is 5.69 Å². The largest absolute Gasteiger partial charge is 0.377 e. The molecule has 1 aromatic carbocycles. The number of morpholine rings is 1. The summed E-state index contributed by atoms with van der Waals surface area (Å²) in [7, 11) is 0. The maximum atomic E-state index is 5.66. The molecule has 1 fully saturated rings. The summed E-state index contributed by atoms with van der Waals surface area (Å²) in [5.74, 6) is 0.679. The Hall–Kier alpha value is -1.06. The maximum Gasteiger partial charge on any atom is 0.0694 e. The van der Waals surface area contributed by atoms with Crippen molar-refractivity contribution >= 4 is 5.69 Å². The molecule has 0 radical (unpaired) electrons. The third kappa shape index (κ3) is 4.21. The number of benzene rings is 1. The van der Waals surface area contributed by atoms with Crippen molar-refractivity contribution in [3.63, 3.8) is 0 Å². The SMILES string of the molecule is Cc1ccc(N2CCOCC2(C)C)c(CNCC(C)C)c1. The number of aryl methyl sites for hydroxylation is 1. The summed E-state index contributed by atoms with van der Waals surface area (Å²) >= 11 is 0. The fraction of sp³-hybridized carbons (Fsp3) is 0.667. The van der Waals surface area contributed by atoms with Crippen molar-refractivity contribution in [2.45, 2.75) is 46.7 Å². The highest BCUT2D eigenvalue weighted by Gasteiger charge is 2.31. The van der Waals surface area contributed by atoms with Gasteiger partial charge in [-0.25, -0.2) is 0 Å². The quantitative estimate of drug-likeness (QED) is 0.900. The predicted molar refractivity (Wildman–Crippen MR) is 90.0 cm³/mol. The van der Waals surface area contributed by atoms with Crippen LogP contribution in [-0.2, 0) is 11.3 Å². The monoisotopic (exact) mass is 290 g/mol. The smallest absolute Gasteiger partial charge is 0.0694 e. The van der Waals surface area contributed by atoms with Crippen LogP contribution in [0, 0.1) is 12.8 Å². The first-order valence-electron chi connectivity index (χ1n) is 8.06. The zero-order chi connectivity index (χ0) is 15.5. The number of nitrogens with one attached hydrogen (secondary N) is 1. The zero-order valence-electron chi connectivity index (χ0n) is 14.2. The summed E-state index contributed by atoms with van der Waals surface area (Å²) in [6, 6.07) is 6.80. The van der Waals surface area contributed by atoms with Gasteiger partial charge >= 0.3 is 0 Å². The highest BCUT2D eigenvalue weighted by atomic mass is 16.5. The summed E-state index contributed by atoms with van der Waals surface area (Å²) in [5.41, 5.74) is 4.13. The van der Waals surface area contributed by atoms with Crippen LogP contribution in [0.15, 0.2) is 18.2 Å². The van der Waals surface area contributed by atoms with Crippen molar-refractivity contribution in [2.24, 2.45) is 5.92 Å². The lowest BCUT2D eigenvalue weighted by atomic mass is 9.98. The molecule has 0 amide bonds. The van der Waals surface area contributed by atoms with Crippen molar-refractivity contribution in [2.75, 3.05) is 31.2 Å². The highest BCUT2D eigenvalue weighted by molar-refractivity contribution is 5.57. The second kappa shape index (κ2) is 6.80. The first-order valence-corrected chi connectivity index (χ1v) is 8.06. The lowest BCUT2D eigenvalue weighted by molar-refractivity contribution is 0.0643. The Balaban J connectivity index is 2.21. The van der Waals surface area contributed by atoms with Crippen LogP contribution >= 0.6 is 0 Å². The Morgan fingerprint density at radius 1 is 1.33 bits per heavy atom. The fourth-order valence-corrected chi connectivity index (χ4v) is 2.92.